The summed E-state index contributed by atoms with van der Waals surface area (Å²) in [7, 11) is 8.83. The average molecular weight is 316 g/mol. The van der Waals surface area contributed by atoms with E-state index >= 15 is 0 Å². The van der Waals surface area contributed by atoms with E-state index in [1.807, 2.05) is 38.0 Å². The number of halogens is 1. The summed E-state index contributed by atoms with van der Waals surface area (Å²) in [5.74, 6) is -0.400. The predicted octanol–water partition coefficient (Wildman–Crippen LogP) is 2.79. The van der Waals surface area contributed by atoms with Gasteiger partial charge < -0.3 is 14.5 Å². The van der Waals surface area contributed by atoms with Gasteiger partial charge in [0.1, 0.15) is 0 Å². The number of benzene rings is 1. The number of rotatable bonds is 5. The molecular weight excluding hydrogens is 298 g/mol. The molecule has 0 aliphatic heterocycles. The normalized spacial score (nSPS) is 10.7. The van der Waals surface area contributed by atoms with E-state index in [0.717, 1.165) is 5.69 Å². The minimum Gasteiger partial charge on any atom is -0.465 e. The molecule has 0 saturated carbocycles. The van der Waals surface area contributed by atoms with Crippen LogP contribution in [0.4, 0.5) is 5.69 Å². The number of esters is 1. The fraction of sp³-hybridized carbons (Fsp3) is 0.385. The molecule has 7 heteroatoms. The van der Waals surface area contributed by atoms with E-state index in [0.29, 0.717) is 15.5 Å². The maximum Gasteiger partial charge on any atom is 0.337 e. The van der Waals surface area contributed by atoms with Crippen LogP contribution in [0.3, 0.4) is 0 Å². The van der Waals surface area contributed by atoms with Crippen LogP contribution in [0.5, 0.6) is 0 Å². The Labute approximate surface area is 128 Å². The van der Waals surface area contributed by atoms with Gasteiger partial charge in [-0.1, -0.05) is 11.6 Å². The fourth-order valence-electron chi connectivity index (χ4n) is 1.39. The van der Waals surface area contributed by atoms with Crippen molar-refractivity contribution in [3.05, 3.63) is 22.7 Å². The average Bonchev–Trinajstić information content (AvgIpc) is 2.38. The van der Waals surface area contributed by atoms with Gasteiger partial charge >= 0.3 is 5.97 Å². The molecule has 0 bridgehead atoms. The van der Waals surface area contributed by atoms with Crippen molar-refractivity contribution in [3.63, 3.8) is 0 Å². The van der Waals surface area contributed by atoms with Gasteiger partial charge in [0.25, 0.3) is 0 Å². The Hall–Kier alpha value is -1.40. The molecule has 5 nitrogen and oxygen atoms in total. The van der Waals surface area contributed by atoms with E-state index in [-0.39, 0.29) is 0 Å². The summed E-state index contributed by atoms with van der Waals surface area (Å²) in [6, 6.07) is 3.38. The van der Waals surface area contributed by atoms with Crippen molar-refractivity contribution in [2.75, 3.05) is 40.2 Å². The molecule has 1 rings (SSSR count). The lowest BCUT2D eigenvalue weighted by Gasteiger charge is -2.17. The van der Waals surface area contributed by atoms with E-state index in [9.17, 15) is 4.79 Å². The lowest BCUT2D eigenvalue weighted by molar-refractivity contribution is 0.0600. The molecule has 20 heavy (non-hydrogen) atoms. The second-order valence-corrected chi connectivity index (χ2v) is 5.68. The summed E-state index contributed by atoms with van der Waals surface area (Å²) < 4.78 is 8.94. The van der Waals surface area contributed by atoms with Crippen molar-refractivity contribution in [1.82, 2.24) is 4.90 Å². The van der Waals surface area contributed by atoms with Crippen LogP contribution in [0, 0.1) is 0 Å². The van der Waals surface area contributed by atoms with E-state index in [4.69, 9.17) is 16.3 Å². The molecule has 0 radical (unpaired) electrons. The highest BCUT2D eigenvalue weighted by Crippen LogP contribution is 2.36. The van der Waals surface area contributed by atoms with Gasteiger partial charge in [0, 0.05) is 40.1 Å². The maximum absolute atomic E-state index is 11.7. The molecule has 0 atom stereocenters. The number of anilines is 1. The highest BCUT2D eigenvalue weighted by atomic mass is 35.5. The molecule has 110 valence electrons. The van der Waals surface area contributed by atoms with Crippen LogP contribution >= 0.6 is 23.5 Å². The minimum absolute atomic E-state index is 0.400. The summed E-state index contributed by atoms with van der Waals surface area (Å²) in [6.07, 6.45) is 1.67. The Kier molecular flexibility index (Phi) is 6.16. The van der Waals surface area contributed by atoms with Crippen LogP contribution in [0.2, 0.25) is 5.02 Å². The van der Waals surface area contributed by atoms with E-state index in [1.54, 1.807) is 18.5 Å². The molecule has 0 heterocycles. The number of hydrogen-bond acceptors (Lipinski definition) is 5. The molecular formula is C13H18ClN3O2S. The number of hydrogen-bond donors (Lipinski definition) is 0. The zero-order valence-corrected chi connectivity index (χ0v) is 13.7. The number of ether oxygens (including phenoxy) is 1. The van der Waals surface area contributed by atoms with Crippen molar-refractivity contribution in [2.24, 2.45) is 4.40 Å². The third-order valence-corrected chi connectivity index (χ3v) is 3.58. The standard InChI is InChI=1S/C13H18ClN3O2S/c1-16(2)8-15-20-11-7-9(13(18)19-5)6-10(12(11)14)17(3)4/h6-8H,1-5H3/b15-8+. The smallest absolute Gasteiger partial charge is 0.337 e. The van der Waals surface area contributed by atoms with Crippen molar-refractivity contribution in [1.29, 1.82) is 0 Å². The van der Waals surface area contributed by atoms with Crippen LogP contribution in [0.25, 0.3) is 0 Å². The lowest BCUT2D eigenvalue weighted by atomic mass is 10.2. The molecule has 0 amide bonds. The van der Waals surface area contributed by atoms with Crippen LogP contribution in [-0.2, 0) is 4.74 Å². The summed E-state index contributed by atoms with van der Waals surface area (Å²) >= 11 is 7.55. The summed E-state index contributed by atoms with van der Waals surface area (Å²) in [5.41, 5.74) is 1.19. The molecule has 0 aliphatic carbocycles. The SMILES string of the molecule is COC(=O)c1cc(S/N=C/N(C)C)c(Cl)c(N(C)C)c1. The molecule has 0 aromatic heterocycles. The molecule has 1 aromatic rings. The molecule has 0 aliphatic rings. The third-order valence-electron chi connectivity index (χ3n) is 2.35. The van der Waals surface area contributed by atoms with Crippen LogP contribution in [-0.4, -0.2) is 52.5 Å². The van der Waals surface area contributed by atoms with Gasteiger partial charge in [0.15, 0.2) is 0 Å². The Bertz CT molecular complexity index is 519. The Balaban J connectivity index is 3.20. The van der Waals surface area contributed by atoms with Crippen LogP contribution < -0.4 is 4.90 Å². The van der Waals surface area contributed by atoms with Gasteiger partial charge in [-0.05, 0) is 12.1 Å². The van der Waals surface area contributed by atoms with Gasteiger partial charge in [-0.3, -0.25) is 0 Å². The lowest BCUT2D eigenvalue weighted by Crippen LogP contribution is -2.11. The number of methoxy groups -OCH3 is 1. The zero-order valence-electron chi connectivity index (χ0n) is 12.2. The Morgan fingerprint density at radius 2 is 2.00 bits per heavy atom. The highest BCUT2D eigenvalue weighted by Gasteiger charge is 2.15. The molecule has 1 aromatic carbocycles. The molecule has 0 N–H and O–H groups in total. The first-order valence-corrected chi connectivity index (χ1v) is 6.98. The molecule has 0 saturated heterocycles. The first kappa shape index (κ1) is 16.7. The first-order chi connectivity index (χ1) is 9.36. The van der Waals surface area contributed by atoms with E-state index < -0.39 is 5.97 Å². The number of carbonyl (C=O) groups is 1. The summed E-state index contributed by atoms with van der Waals surface area (Å²) in [6.45, 7) is 0. The van der Waals surface area contributed by atoms with Crippen LogP contribution in [0.1, 0.15) is 10.4 Å². The molecule has 0 fully saturated rings. The van der Waals surface area contributed by atoms with E-state index in [2.05, 4.69) is 4.40 Å². The quantitative estimate of drug-likeness (QED) is 0.362. The zero-order chi connectivity index (χ0) is 15.3. The maximum atomic E-state index is 11.7. The Morgan fingerprint density at radius 1 is 1.35 bits per heavy atom. The largest absolute Gasteiger partial charge is 0.465 e. The van der Waals surface area contributed by atoms with Gasteiger partial charge in [0.2, 0.25) is 0 Å². The van der Waals surface area contributed by atoms with Gasteiger partial charge in [-0.15, -0.1) is 0 Å². The Morgan fingerprint density at radius 3 is 2.50 bits per heavy atom. The monoisotopic (exact) mass is 315 g/mol. The summed E-state index contributed by atoms with van der Waals surface area (Å²) in [4.78, 5) is 16.1. The van der Waals surface area contributed by atoms with Crippen molar-refractivity contribution < 1.29 is 9.53 Å². The number of carbonyl (C=O) groups excluding carboxylic acids is 1. The van der Waals surface area contributed by atoms with Crippen molar-refractivity contribution in [3.8, 4) is 0 Å². The van der Waals surface area contributed by atoms with Crippen molar-refractivity contribution >= 4 is 41.5 Å². The van der Waals surface area contributed by atoms with Gasteiger partial charge in [-0.2, -0.15) is 0 Å². The second-order valence-electron chi connectivity index (χ2n) is 4.47. The summed E-state index contributed by atoms with van der Waals surface area (Å²) in [5, 5.41) is 0.559. The van der Waals surface area contributed by atoms with Crippen LogP contribution in [0.15, 0.2) is 21.4 Å². The fourth-order valence-corrected chi connectivity index (χ4v) is 2.48. The van der Waals surface area contributed by atoms with Gasteiger partial charge in [-0.25, -0.2) is 9.19 Å². The second kappa shape index (κ2) is 7.40. The van der Waals surface area contributed by atoms with Crippen molar-refractivity contribution in [2.45, 2.75) is 4.90 Å². The molecule has 0 unspecified atom stereocenters. The predicted molar refractivity (Wildman–Crippen MR) is 85.2 cm³/mol. The number of nitrogens with zero attached hydrogens (tertiary/aromatic N) is 3. The topological polar surface area (TPSA) is 45.1 Å². The van der Waals surface area contributed by atoms with E-state index in [1.165, 1.54) is 19.1 Å². The minimum atomic E-state index is -0.400. The first-order valence-electron chi connectivity index (χ1n) is 5.83. The highest BCUT2D eigenvalue weighted by molar-refractivity contribution is 7.98. The third kappa shape index (κ3) is 4.31. The molecule has 0 spiro atoms. The van der Waals surface area contributed by atoms with Gasteiger partial charge in [0.05, 0.1) is 34.6 Å².